The molecule has 1 aromatic carbocycles. The van der Waals surface area contributed by atoms with Crippen LogP contribution in [0.5, 0.6) is 0 Å². The summed E-state index contributed by atoms with van der Waals surface area (Å²) in [7, 11) is 0. The molecule has 4 rings (SSSR count). The van der Waals surface area contributed by atoms with E-state index in [0.717, 1.165) is 30.7 Å². The molecule has 2 aromatic heterocycles. The van der Waals surface area contributed by atoms with E-state index in [0.29, 0.717) is 29.2 Å². The first kappa shape index (κ1) is 15.4. The standard InChI is InChI=1S/C17H17ClN4O2/c1-11-20-21-17(23-11)14-6-3-7-22(14)10-16-19-9-15(24-16)12-4-2-5-13(18)8-12/h2,4-5,8-9,14H,3,6-7,10H2,1H3/t14-/m0/s1. The molecule has 0 unspecified atom stereocenters. The molecule has 0 amide bonds. The van der Waals surface area contributed by atoms with Crippen LogP contribution < -0.4 is 0 Å². The fourth-order valence-corrected chi connectivity index (χ4v) is 3.26. The molecule has 1 saturated heterocycles. The van der Waals surface area contributed by atoms with Gasteiger partial charge in [0, 0.05) is 17.5 Å². The number of benzene rings is 1. The van der Waals surface area contributed by atoms with Crippen LogP contribution >= 0.6 is 11.6 Å². The van der Waals surface area contributed by atoms with E-state index in [1.807, 2.05) is 24.3 Å². The number of rotatable bonds is 4. The van der Waals surface area contributed by atoms with E-state index < -0.39 is 0 Å². The fourth-order valence-electron chi connectivity index (χ4n) is 3.07. The third kappa shape index (κ3) is 3.07. The molecule has 24 heavy (non-hydrogen) atoms. The van der Waals surface area contributed by atoms with Crippen molar-refractivity contribution in [1.29, 1.82) is 0 Å². The lowest BCUT2D eigenvalue weighted by Crippen LogP contribution is -2.23. The van der Waals surface area contributed by atoms with Gasteiger partial charge in [-0.05, 0) is 31.5 Å². The van der Waals surface area contributed by atoms with Crippen molar-refractivity contribution in [2.24, 2.45) is 0 Å². The molecule has 3 aromatic rings. The van der Waals surface area contributed by atoms with Crippen molar-refractivity contribution in [3.8, 4) is 11.3 Å². The topological polar surface area (TPSA) is 68.2 Å². The number of aryl methyl sites for hydroxylation is 1. The second kappa shape index (κ2) is 6.37. The van der Waals surface area contributed by atoms with Crippen LogP contribution in [0.15, 0.2) is 39.3 Å². The van der Waals surface area contributed by atoms with Gasteiger partial charge in [-0.15, -0.1) is 10.2 Å². The third-order valence-corrected chi connectivity index (χ3v) is 4.43. The number of hydrogen-bond acceptors (Lipinski definition) is 6. The van der Waals surface area contributed by atoms with E-state index in [9.17, 15) is 0 Å². The highest BCUT2D eigenvalue weighted by atomic mass is 35.5. The first-order valence-corrected chi connectivity index (χ1v) is 8.31. The average molecular weight is 345 g/mol. The lowest BCUT2D eigenvalue weighted by Gasteiger charge is -2.19. The second-order valence-corrected chi connectivity index (χ2v) is 6.35. The second-order valence-electron chi connectivity index (χ2n) is 5.92. The van der Waals surface area contributed by atoms with Crippen molar-refractivity contribution in [3.05, 3.63) is 53.2 Å². The summed E-state index contributed by atoms with van der Waals surface area (Å²) < 4.78 is 11.5. The quantitative estimate of drug-likeness (QED) is 0.712. The Labute approximate surface area is 144 Å². The van der Waals surface area contributed by atoms with Crippen molar-refractivity contribution >= 4 is 11.6 Å². The van der Waals surface area contributed by atoms with Crippen LogP contribution in [-0.4, -0.2) is 26.6 Å². The molecule has 0 N–H and O–H groups in total. The van der Waals surface area contributed by atoms with Crippen LogP contribution in [0.1, 0.15) is 36.6 Å². The van der Waals surface area contributed by atoms with Gasteiger partial charge in [0.15, 0.2) is 5.76 Å². The largest absolute Gasteiger partial charge is 0.439 e. The zero-order valence-electron chi connectivity index (χ0n) is 13.3. The Balaban J connectivity index is 1.51. The summed E-state index contributed by atoms with van der Waals surface area (Å²) in [5.74, 6) is 2.66. The monoisotopic (exact) mass is 344 g/mol. The summed E-state index contributed by atoms with van der Waals surface area (Å²) in [5.41, 5.74) is 0.923. The van der Waals surface area contributed by atoms with Gasteiger partial charge in [0.2, 0.25) is 17.7 Å². The summed E-state index contributed by atoms with van der Waals surface area (Å²) in [6.07, 6.45) is 3.83. The molecule has 0 spiro atoms. The number of hydrogen-bond donors (Lipinski definition) is 0. The predicted octanol–water partition coefficient (Wildman–Crippen LogP) is 4.02. The summed E-state index contributed by atoms with van der Waals surface area (Å²) in [5, 5.41) is 8.77. The Hall–Kier alpha value is -2.18. The minimum Gasteiger partial charge on any atom is -0.439 e. The van der Waals surface area contributed by atoms with E-state index in [-0.39, 0.29) is 6.04 Å². The maximum Gasteiger partial charge on any atom is 0.233 e. The lowest BCUT2D eigenvalue weighted by atomic mass is 10.2. The maximum atomic E-state index is 6.03. The molecule has 1 aliphatic rings. The first-order chi connectivity index (χ1) is 11.7. The Bertz CT molecular complexity index is 844. The maximum absolute atomic E-state index is 6.03. The average Bonchev–Trinajstić information content (AvgIpc) is 3.28. The van der Waals surface area contributed by atoms with Crippen LogP contribution in [0.4, 0.5) is 0 Å². The van der Waals surface area contributed by atoms with Gasteiger partial charge in [-0.3, -0.25) is 4.90 Å². The normalized spacial score (nSPS) is 18.3. The molecule has 6 nitrogen and oxygen atoms in total. The van der Waals surface area contributed by atoms with E-state index in [4.69, 9.17) is 20.4 Å². The van der Waals surface area contributed by atoms with Gasteiger partial charge in [-0.25, -0.2) is 4.98 Å². The van der Waals surface area contributed by atoms with Crippen molar-refractivity contribution in [1.82, 2.24) is 20.1 Å². The molecule has 7 heteroatoms. The minimum atomic E-state index is 0.132. The Morgan fingerprint density at radius 1 is 1.29 bits per heavy atom. The van der Waals surface area contributed by atoms with Gasteiger partial charge < -0.3 is 8.83 Å². The highest BCUT2D eigenvalue weighted by Gasteiger charge is 2.31. The minimum absolute atomic E-state index is 0.132. The van der Waals surface area contributed by atoms with Crippen molar-refractivity contribution in [2.45, 2.75) is 32.4 Å². The number of halogens is 1. The van der Waals surface area contributed by atoms with Gasteiger partial charge in [0.1, 0.15) is 0 Å². The molecular formula is C17H17ClN4O2. The molecule has 1 atom stereocenters. The number of nitrogens with zero attached hydrogens (tertiary/aromatic N) is 4. The van der Waals surface area contributed by atoms with Crippen molar-refractivity contribution < 1.29 is 8.83 Å². The predicted molar refractivity (Wildman–Crippen MR) is 88.4 cm³/mol. The molecule has 3 heterocycles. The molecule has 0 saturated carbocycles. The summed E-state index contributed by atoms with van der Waals surface area (Å²) >= 11 is 6.03. The van der Waals surface area contributed by atoms with Crippen LogP contribution in [0.25, 0.3) is 11.3 Å². The summed E-state index contributed by atoms with van der Waals surface area (Å²) in [4.78, 5) is 6.67. The van der Waals surface area contributed by atoms with Gasteiger partial charge >= 0.3 is 0 Å². The van der Waals surface area contributed by atoms with Gasteiger partial charge in [0.05, 0.1) is 18.8 Å². The molecular weight excluding hydrogens is 328 g/mol. The van der Waals surface area contributed by atoms with Crippen LogP contribution in [0.3, 0.4) is 0 Å². The summed E-state index contributed by atoms with van der Waals surface area (Å²) in [6, 6.07) is 7.69. The molecule has 1 aliphatic heterocycles. The van der Waals surface area contributed by atoms with E-state index >= 15 is 0 Å². The molecule has 124 valence electrons. The van der Waals surface area contributed by atoms with Gasteiger partial charge in [0.25, 0.3) is 0 Å². The SMILES string of the molecule is Cc1nnc([C@@H]2CCCN2Cc2ncc(-c3cccc(Cl)c3)o2)o1. The van der Waals surface area contributed by atoms with Crippen LogP contribution in [-0.2, 0) is 6.54 Å². The Morgan fingerprint density at radius 2 is 2.21 bits per heavy atom. The van der Waals surface area contributed by atoms with Crippen molar-refractivity contribution in [2.75, 3.05) is 6.54 Å². The van der Waals surface area contributed by atoms with Crippen LogP contribution in [0.2, 0.25) is 5.02 Å². The molecule has 0 aliphatic carbocycles. The zero-order chi connectivity index (χ0) is 16.5. The third-order valence-electron chi connectivity index (χ3n) is 4.19. The number of aromatic nitrogens is 3. The van der Waals surface area contributed by atoms with Gasteiger partial charge in [-0.2, -0.15) is 0 Å². The number of oxazole rings is 1. The van der Waals surface area contributed by atoms with Gasteiger partial charge in [-0.1, -0.05) is 23.7 Å². The van der Waals surface area contributed by atoms with Crippen molar-refractivity contribution in [3.63, 3.8) is 0 Å². The Kier molecular flexibility index (Phi) is 4.08. The molecule has 0 radical (unpaired) electrons. The molecule has 0 bridgehead atoms. The highest BCUT2D eigenvalue weighted by Crippen LogP contribution is 2.33. The lowest BCUT2D eigenvalue weighted by molar-refractivity contribution is 0.195. The van der Waals surface area contributed by atoms with E-state index in [1.54, 1.807) is 13.1 Å². The fraction of sp³-hybridized carbons (Fsp3) is 0.353. The van der Waals surface area contributed by atoms with Crippen LogP contribution in [0, 0.1) is 6.92 Å². The summed E-state index contributed by atoms with van der Waals surface area (Å²) in [6.45, 7) is 3.38. The zero-order valence-corrected chi connectivity index (χ0v) is 14.0. The number of likely N-dealkylation sites (tertiary alicyclic amines) is 1. The van der Waals surface area contributed by atoms with E-state index in [2.05, 4.69) is 20.1 Å². The van der Waals surface area contributed by atoms with E-state index in [1.165, 1.54) is 0 Å². The smallest absolute Gasteiger partial charge is 0.233 e. The molecule has 1 fully saturated rings. The highest BCUT2D eigenvalue weighted by molar-refractivity contribution is 6.30. The Morgan fingerprint density at radius 3 is 3.00 bits per heavy atom. The first-order valence-electron chi connectivity index (χ1n) is 7.94.